The molecule has 0 unspecified atom stereocenters. The number of aliphatic hydroxyl groups is 1. The molecule has 3 heterocycles. The van der Waals surface area contributed by atoms with Crippen LogP contribution in [0, 0.1) is 6.92 Å². The van der Waals surface area contributed by atoms with E-state index in [0.29, 0.717) is 28.7 Å². The van der Waals surface area contributed by atoms with Crippen LogP contribution in [0.25, 0.3) is 22.9 Å². The van der Waals surface area contributed by atoms with Gasteiger partial charge < -0.3 is 14.8 Å². The van der Waals surface area contributed by atoms with Gasteiger partial charge in [0.15, 0.2) is 5.76 Å². The number of pyridine rings is 2. The molecule has 0 fully saturated rings. The van der Waals surface area contributed by atoms with Crippen molar-refractivity contribution in [1.29, 1.82) is 0 Å². The second-order valence-corrected chi connectivity index (χ2v) is 9.40. The number of hydrogen-bond acceptors (Lipinski definition) is 8. The average Bonchev–Trinajstić information content (AvgIpc) is 3.30. The third kappa shape index (κ3) is 5.08. The van der Waals surface area contributed by atoms with Crippen molar-refractivity contribution in [3.05, 3.63) is 72.6 Å². The van der Waals surface area contributed by atoms with Gasteiger partial charge in [0.1, 0.15) is 17.3 Å². The summed E-state index contributed by atoms with van der Waals surface area (Å²) in [4.78, 5) is 13.2. The number of anilines is 2. The molecule has 0 aliphatic rings. The number of rotatable bonds is 8. The SMILES string of the molecule is Cc1ccnc(Nc2cccc(-c3cnc(-c4cccc(S(=O)(=O)N(C)CCO)c4)o3)n2)c1. The molecule has 1 aromatic carbocycles. The Morgan fingerprint density at radius 1 is 1.06 bits per heavy atom. The number of nitrogens with zero attached hydrogens (tertiary/aromatic N) is 4. The smallest absolute Gasteiger partial charge is 0.242 e. The molecular weight excluding hydrogens is 442 g/mol. The molecule has 10 heteroatoms. The van der Waals surface area contributed by atoms with Crippen molar-refractivity contribution in [2.75, 3.05) is 25.5 Å². The van der Waals surface area contributed by atoms with Gasteiger partial charge in [-0.3, -0.25) is 0 Å². The molecule has 170 valence electrons. The summed E-state index contributed by atoms with van der Waals surface area (Å²) in [6.07, 6.45) is 3.27. The van der Waals surface area contributed by atoms with Gasteiger partial charge in [-0.25, -0.2) is 23.4 Å². The monoisotopic (exact) mass is 465 g/mol. The minimum absolute atomic E-state index is 0.00380. The average molecular weight is 466 g/mol. The van der Waals surface area contributed by atoms with Gasteiger partial charge in [-0.05, 0) is 55.0 Å². The lowest BCUT2D eigenvalue weighted by Gasteiger charge is -2.16. The summed E-state index contributed by atoms with van der Waals surface area (Å²) in [6, 6.07) is 15.6. The van der Waals surface area contributed by atoms with E-state index in [1.165, 1.54) is 19.2 Å². The third-order valence-electron chi connectivity index (χ3n) is 4.88. The number of oxazole rings is 1. The summed E-state index contributed by atoms with van der Waals surface area (Å²) in [6.45, 7) is 1.72. The molecule has 0 aliphatic carbocycles. The van der Waals surface area contributed by atoms with Gasteiger partial charge in [-0.2, -0.15) is 4.31 Å². The van der Waals surface area contributed by atoms with Gasteiger partial charge in [-0.15, -0.1) is 0 Å². The van der Waals surface area contributed by atoms with E-state index >= 15 is 0 Å². The Kier molecular flexibility index (Phi) is 6.50. The Balaban J connectivity index is 1.59. The number of aliphatic hydroxyl groups excluding tert-OH is 1. The Hall–Kier alpha value is -3.60. The second kappa shape index (κ2) is 9.49. The first kappa shape index (κ1) is 22.6. The largest absolute Gasteiger partial charge is 0.434 e. The molecule has 0 spiro atoms. The van der Waals surface area contributed by atoms with Crippen LogP contribution in [0.5, 0.6) is 0 Å². The van der Waals surface area contributed by atoms with Gasteiger partial charge in [-0.1, -0.05) is 12.1 Å². The van der Waals surface area contributed by atoms with E-state index in [1.807, 2.05) is 31.2 Å². The maximum Gasteiger partial charge on any atom is 0.242 e. The summed E-state index contributed by atoms with van der Waals surface area (Å²) in [5.74, 6) is 1.99. The van der Waals surface area contributed by atoms with Crippen molar-refractivity contribution in [2.24, 2.45) is 0 Å². The molecule has 3 aromatic heterocycles. The first-order chi connectivity index (χ1) is 15.9. The van der Waals surface area contributed by atoms with Crippen LogP contribution in [0.2, 0.25) is 0 Å². The Labute approximate surface area is 191 Å². The summed E-state index contributed by atoms with van der Waals surface area (Å²) in [7, 11) is -2.32. The molecule has 0 aliphatic heterocycles. The number of aromatic nitrogens is 3. The van der Waals surface area contributed by atoms with Crippen molar-refractivity contribution in [1.82, 2.24) is 19.3 Å². The quantitative estimate of drug-likeness (QED) is 0.406. The summed E-state index contributed by atoms with van der Waals surface area (Å²) in [5, 5.41) is 12.2. The number of benzene rings is 1. The predicted octanol–water partition coefficient (Wildman–Crippen LogP) is 3.46. The van der Waals surface area contributed by atoms with Crippen molar-refractivity contribution in [2.45, 2.75) is 11.8 Å². The lowest BCUT2D eigenvalue weighted by molar-refractivity contribution is 0.266. The van der Waals surface area contributed by atoms with Crippen LogP contribution < -0.4 is 5.32 Å². The van der Waals surface area contributed by atoms with E-state index in [1.54, 1.807) is 30.6 Å². The van der Waals surface area contributed by atoms with Crippen LogP contribution in [0.4, 0.5) is 11.6 Å². The van der Waals surface area contributed by atoms with Crippen LogP contribution in [0.1, 0.15) is 5.56 Å². The van der Waals surface area contributed by atoms with Crippen molar-refractivity contribution in [3.8, 4) is 22.9 Å². The normalized spacial score (nSPS) is 11.6. The highest BCUT2D eigenvalue weighted by molar-refractivity contribution is 7.89. The van der Waals surface area contributed by atoms with E-state index in [4.69, 9.17) is 9.52 Å². The fourth-order valence-electron chi connectivity index (χ4n) is 3.13. The molecule has 4 rings (SSSR count). The number of hydrogen-bond donors (Lipinski definition) is 2. The minimum Gasteiger partial charge on any atom is -0.434 e. The maximum atomic E-state index is 12.7. The molecular formula is C23H23N5O4S. The zero-order valence-electron chi connectivity index (χ0n) is 18.1. The molecule has 0 atom stereocenters. The second-order valence-electron chi connectivity index (χ2n) is 7.36. The fraction of sp³-hybridized carbons (Fsp3) is 0.174. The van der Waals surface area contributed by atoms with Crippen LogP contribution in [-0.2, 0) is 10.0 Å². The number of aryl methyl sites for hydroxylation is 1. The maximum absolute atomic E-state index is 12.7. The molecule has 0 saturated carbocycles. The molecule has 0 saturated heterocycles. The number of likely N-dealkylation sites (N-methyl/N-ethyl adjacent to an activating group) is 1. The van der Waals surface area contributed by atoms with Crippen LogP contribution >= 0.6 is 0 Å². The van der Waals surface area contributed by atoms with Crippen LogP contribution in [0.3, 0.4) is 0 Å². The van der Waals surface area contributed by atoms with Gasteiger partial charge in [0.05, 0.1) is 17.7 Å². The van der Waals surface area contributed by atoms with E-state index < -0.39 is 10.0 Å². The summed E-state index contributed by atoms with van der Waals surface area (Å²) in [5.41, 5.74) is 2.16. The van der Waals surface area contributed by atoms with Crippen LogP contribution in [-0.4, -0.2) is 53.0 Å². The number of sulfonamides is 1. The molecule has 4 aromatic rings. The van der Waals surface area contributed by atoms with Crippen LogP contribution in [0.15, 0.2) is 76.3 Å². The molecule has 33 heavy (non-hydrogen) atoms. The first-order valence-corrected chi connectivity index (χ1v) is 11.6. The van der Waals surface area contributed by atoms with Crippen molar-refractivity contribution < 1.29 is 17.9 Å². The lowest BCUT2D eigenvalue weighted by Crippen LogP contribution is -2.29. The Bertz CT molecular complexity index is 1370. The minimum atomic E-state index is -3.74. The molecule has 0 bridgehead atoms. The summed E-state index contributed by atoms with van der Waals surface area (Å²) >= 11 is 0. The third-order valence-corrected chi connectivity index (χ3v) is 6.74. The van der Waals surface area contributed by atoms with Gasteiger partial charge >= 0.3 is 0 Å². The zero-order valence-corrected chi connectivity index (χ0v) is 19.0. The van der Waals surface area contributed by atoms with Gasteiger partial charge in [0, 0.05) is 25.4 Å². The summed E-state index contributed by atoms with van der Waals surface area (Å²) < 4.78 is 32.4. The standard InChI is InChI=1S/C23H23N5O4S/c1-16-9-10-24-22(13-16)27-21-8-4-7-19(26-21)20-15-25-23(32-20)17-5-3-6-18(14-17)33(30,31)28(2)11-12-29/h3-10,13-15,29H,11-12H2,1-2H3,(H,24,26,27). The zero-order chi connectivity index (χ0) is 23.4. The predicted molar refractivity (Wildman–Crippen MR) is 124 cm³/mol. The molecule has 2 N–H and O–H groups in total. The van der Waals surface area contributed by atoms with Gasteiger partial charge in [0.25, 0.3) is 0 Å². The van der Waals surface area contributed by atoms with E-state index in [0.717, 1.165) is 9.87 Å². The van der Waals surface area contributed by atoms with E-state index in [9.17, 15) is 8.42 Å². The molecule has 9 nitrogen and oxygen atoms in total. The number of nitrogens with one attached hydrogen (secondary N) is 1. The Morgan fingerprint density at radius 2 is 1.88 bits per heavy atom. The van der Waals surface area contributed by atoms with Crippen molar-refractivity contribution >= 4 is 21.7 Å². The fourth-order valence-corrected chi connectivity index (χ4v) is 4.34. The highest BCUT2D eigenvalue weighted by Gasteiger charge is 2.21. The van der Waals surface area contributed by atoms with Gasteiger partial charge in [0.2, 0.25) is 15.9 Å². The van der Waals surface area contributed by atoms with Crippen molar-refractivity contribution in [3.63, 3.8) is 0 Å². The highest BCUT2D eigenvalue weighted by atomic mass is 32.2. The topological polar surface area (TPSA) is 121 Å². The molecule has 0 amide bonds. The Morgan fingerprint density at radius 3 is 2.67 bits per heavy atom. The molecule has 0 radical (unpaired) electrons. The highest BCUT2D eigenvalue weighted by Crippen LogP contribution is 2.28. The first-order valence-electron chi connectivity index (χ1n) is 10.2. The van der Waals surface area contributed by atoms with E-state index in [2.05, 4.69) is 20.3 Å². The van der Waals surface area contributed by atoms with E-state index in [-0.39, 0.29) is 23.9 Å². The lowest BCUT2D eigenvalue weighted by atomic mass is 10.2.